The van der Waals surface area contributed by atoms with Gasteiger partial charge in [-0.3, -0.25) is 0 Å². The molecule has 9 rings (SSSR count). The molecule has 4 aliphatic rings. The van der Waals surface area contributed by atoms with Crippen LogP contribution in [-0.4, -0.2) is 23.2 Å². The molecule has 0 saturated heterocycles. The van der Waals surface area contributed by atoms with Crippen molar-refractivity contribution in [2.75, 3.05) is 13.2 Å². The van der Waals surface area contributed by atoms with E-state index in [1.807, 2.05) is 36.4 Å². The van der Waals surface area contributed by atoms with E-state index in [0.29, 0.717) is 24.7 Å². The van der Waals surface area contributed by atoms with Gasteiger partial charge in [0.15, 0.2) is 11.2 Å². The van der Waals surface area contributed by atoms with Gasteiger partial charge in [-0.25, -0.2) is 9.97 Å². The number of nitrogens with zero attached hydrogens (tertiary/aromatic N) is 6. The minimum Gasteiger partial charge on any atom is -0.492 e. The summed E-state index contributed by atoms with van der Waals surface area (Å²) < 4.78 is 27.0. The molecule has 60 heavy (non-hydrogen) atoms. The van der Waals surface area contributed by atoms with Gasteiger partial charge in [0.2, 0.25) is 0 Å². The zero-order valence-electron chi connectivity index (χ0n) is 33.3. The second kappa shape index (κ2) is 16.5. The number of benzene rings is 1. The van der Waals surface area contributed by atoms with Crippen molar-refractivity contribution in [3.63, 3.8) is 0 Å². The van der Waals surface area contributed by atoms with Crippen molar-refractivity contribution in [1.29, 1.82) is 21.0 Å². The second-order valence-corrected chi connectivity index (χ2v) is 19.7. The highest BCUT2D eigenvalue weighted by Gasteiger charge is 2.49. The van der Waals surface area contributed by atoms with Gasteiger partial charge < -0.3 is 18.9 Å². The van der Waals surface area contributed by atoms with Crippen molar-refractivity contribution in [3.8, 4) is 87.9 Å². The molecule has 2 aliphatic carbocycles. The molecule has 6 heterocycles. The molecule has 0 unspecified atom stereocenters. The first-order chi connectivity index (χ1) is 29.3. The molecule has 0 bridgehead atoms. The fourth-order valence-electron chi connectivity index (χ4n) is 8.67. The molecular weight excluding hydrogens is 829 g/mol. The number of rotatable bonds is 10. The van der Waals surface area contributed by atoms with Gasteiger partial charge in [0.05, 0.1) is 23.0 Å². The average molecular weight is 869 g/mol. The molecule has 2 aliphatic heterocycles. The lowest BCUT2D eigenvalue weighted by Gasteiger charge is -2.43. The highest BCUT2D eigenvalue weighted by molar-refractivity contribution is 7.25. The van der Waals surface area contributed by atoms with Gasteiger partial charge in [0.25, 0.3) is 0 Å². The SMILES string of the molecule is CCCOc1cc(C=C(C#N)C#N)sc1-c1nc2c(s1)-c1cc3c(cc1OC21CCCCC1)-c1sc(-c2sc(C=C(C#N)C#N)cc2OCCC)nc1C1(CCCCC1)O3. The molecule has 0 radical (unpaired) electrons. The van der Waals surface area contributed by atoms with E-state index in [9.17, 15) is 21.0 Å². The highest BCUT2D eigenvalue weighted by Crippen LogP contribution is 2.61. The molecule has 14 heteroatoms. The summed E-state index contributed by atoms with van der Waals surface area (Å²) in [6, 6.07) is 16.1. The summed E-state index contributed by atoms with van der Waals surface area (Å²) in [5.41, 5.74) is 2.75. The Labute approximate surface area is 365 Å². The van der Waals surface area contributed by atoms with Crippen LogP contribution in [0.3, 0.4) is 0 Å². The van der Waals surface area contributed by atoms with Crippen LogP contribution in [0.4, 0.5) is 0 Å². The molecule has 2 fully saturated rings. The first-order valence-corrected chi connectivity index (χ1v) is 23.8. The number of allylic oxidation sites excluding steroid dienone is 2. The predicted octanol–water partition coefficient (Wildman–Crippen LogP) is 12.9. The molecular formula is C46H40N6O4S4. The maximum Gasteiger partial charge on any atom is 0.152 e. The molecule has 2 saturated carbocycles. The Bertz CT molecular complexity index is 2510. The highest BCUT2D eigenvalue weighted by atomic mass is 32.1. The lowest BCUT2D eigenvalue weighted by molar-refractivity contribution is 0.0164. The van der Waals surface area contributed by atoms with E-state index in [2.05, 4.69) is 26.0 Å². The van der Waals surface area contributed by atoms with E-state index in [0.717, 1.165) is 150 Å². The number of hydrogen-bond acceptors (Lipinski definition) is 14. The van der Waals surface area contributed by atoms with Gasteiger partial charge in [-0.15, -0.1) is 45.3 Å². The summed E-state index contributed by atoms with van der Waals surface area (Å²) in [4.78, 5) is 16.2. The lowest BCUT2D eigenvalue weighted by Crippen LogP contribution is -2.39. The van der Waals surface area contributed by atoms with Crippen molar-refractivity contribution in [3.05, 3.63) is 56.6 Å². The molecule has 302 valence electrons. The van der Waals surface area contributed by atoms with Crippen LogP contribution in [-0.2, 0) is 11.2 Å². The van der Waals surface area contributed by atoms with E-state index in [1.165, 1.54) is 22.7 Å². The Balaban J connectivity index is 1.20. The number of thiophene rings is 2. The Kier molecular flexibility index (Phi) is 11.0. The van der Waals surface area contributed by atoms with Crippen LogP contribution in [0.5, 0.6) is 23.0 Å². The number of ether oxygens (including phenoxy) is 4. The van der Waals surface area contributed by atoms with Crippen molar-refractivity contribution in [1.82, 2.24) is 9.97 Å². The Morgan fingerprint density at radius 2 is 1.00 bits per heavy atom. The minimum atomic E-state index is -0.581. The Morgan fingerprint density at radius 1 is 0.600 bits per heavy atom. The molecule has 5 aromatic rings. The summed E-state index contributed by atoms with van der Waals surface area (Å²) in [7, 11) is 0. The second-order valence-electron chi connectivity index (χ2n) is 15.5. The van der Waals surface area contributed by atoms with Crippen LogP contribution in [0.15, 0.2) is 35.4 Å². The third kappa shape index (κ3) is 7.06. The first kappa shape index (κ1) is 40.0. The lowest BCUT2D eigenvalue weighted by atomic mass is 9.78. The topological polar surface area (TPSA) is 158 Å². The fraction of sp³-hybridized carbons (Fsp3) is 0.391. The van der Waals surface area contributed by atoms with Gasteiger partial charge in [-0.05, 0) is 101 Å². The maximum absolute atomic E-state index is 9.49. The molecule has 0 atom stereocenters. The Hall–Kier alpha value is -5.48. The summed E-state index contributed by atoms with van der Waals surface area (Å²) in [5, 5.41) is 39.6. The van der Waals surface area contributed by atoms with E-state index < -0.39 is 11.2 Å². The normalized spacial score (nSPS) is 16.2. The largest absolute Gasteiger partial charge is 0.492 e. The number of nitriles is 4. The number of fused-ring (bicyclic) bond motifs is 8. The van der Waals surface area contributed by atoms with Crippen molar-refractivity contribution in [2.24, 2.45) is 0 Å². The third-order valence-corrected chi connectivity index (χ3v) is 16.0. The maximum atomic E-state index is 9.49. The molecule has 0 amide bonds. The van der Waals surface area contributed by atoms with E-state index in [4.69, 9.17) is 28.9 Å². The van der Waals surface area contributed by atoms with Crippen LogP contribution >= 0.6 is 45.3 Å². The number of thiazole rings is 2. The molecule has 10 nitrogen and oxygen atoms in total. The van der Waals surface area contributed by atoms with Crippen LogP contribution in [0.1, 0.15) is 112 Å². The predicted molar refractivity (Wildman–Crippen MR) is 236 cm³/mol. The van der Waals surface area contributed by atoms with Crippen molar-refractivity contribution < 1.29 is 18.9 Å². The smallest absolute Gasteiger partial charge is 0.152 e. The zero-order valence-corrected chi connectivity index (χ0v) is 36.6. The molecule has 2 spiro atoms. The summed E-state index contributed by atoms with van der Waals surface area (Å²) in [6.07, 6.45) is 14.8. The van der Waals surface area contributed by atoms with Crippen molar-refractivity contribution in [2.45, 2.75) is 102 Å². The van der Waals surface area contributed by atoms with E-state index >= 15 is 0 Å². The van der Waals surface area contributed by atoms with Crippen LogP contribution in [0, 0.1) is 45.3 Å². The molecule has 4 aromatic heterocycles. The van der Waals surface area contributed by atoms with Gasteiger partial charge in [-0.1, -0.05) is 26.7 Å². The standard InChI is InChI=1S/C46H40N6O4S4/c1-3-15-53-35-19-29(17-27(23-47)24-48)57-39(35)43-51-41-37(59-43)31-21-34-32(22-33(31)55-45(41)11-7-5-8-12-45)38-42(46(56-34)13-9-6-10-14-46)52-44(60-38)40-36(54-16-4-2)20-30(58-40)18-28(25-49)26-50/h17-22H,3-16H2,1-2H3. The summed E-state index contributed by atoms with van der Waals surface area (Å²) in [6.45, 7) is 5.20. The van der Waals surface area contributed by atoms with Crippen LogP contribution in [0.25, 0.3) is 52.8 Å². The summed E-state index contributed by atoms with van der Waals surface area (Å²) in [5.74, 6) is 3.01. The number of hydrogen-bond donors (Lipinski definition) is 0. The average Bonchev–Trinajstić information content (AvgIpc) is 4.09. The van der Waals surface area contributed by atoms with E-state index in [1.54, 1.807) is 34.8 Å². The molecule has 0 N–H and O–H groups in total. The minimum absolute atomic E-state index is 0.0378. The van der Waals surface area contributed by atoms with Crippen LogP contribution < -0.4 is 18.9 Å². The Morgan fingerprint density at radius 3 is 1.37 bits per heavy atom. The fourth-order valence-corrected chi connectivity index (χ4v) is 13.3. The third-order valence-electron chi connectivity index (χ3n) is 11.4. The number of aromatic nitrogens is 2. The van der Waals surface area contributed by atoms with Gasteiger partial charge in [0.1, 0.15) is 89.6 Å². The van der Waals surface area contributed by atoms with Crippen molar-refractivity contribution >= 4 is 57.5 Å². The van der Waals surface area contributed by atoms with Gasteiger partial charge >= 0.3 is 0 Å². The monoisotopic (exact) mass is 868 g/mol. The van der Waals surface area contributed by atoms with Gasteiger partial charge in [-0.2, -0.15) is 21.0 Å². The van der Waals surface area contributed by atoms with E-state index in [-0.39, 0.29) is 11.1 Å². The molecule has 1 aromatic carbocycles. The summed E-state index contributed by atoms with van der Waals surface area (Å²) >= 11 is 6.23. The first-order valence-electron chi connectivity index (χ1n) is 20.5. The quantitative estimate of drug-likeness (QED) is 0.124. The zero-order chi connectivity index (χ0) is 41.4. The van der Waals surface area contributed by atoms with Gasteiger partial charge in [0, 0.05) is 20.9 Å². The van der Waals surface area contributed by atoms with Crippen LogP contribution in [0.2, 0.25) is 0 Å².